The highest BCUT2D eigenvalue weighted by molar-refractivity contribution is 6.31. The van der Waals surface area contributed by atoms with Crippen molar-refractivity contribution in [3.8, 4) is 0 Å². The lowest BCUT2D eigenvalue weighted by Crippen LogP contribution is -2.38. The summed E-state index contributed by atoms with van der Waals surface area (Å²) >= 11 is 6.29. The number of methoxy groups -OCH3 is 1. The molecule has 0 bridgehead atoms. The van der Waals surface area contributed by atoms with Crippen molar-refractivity contribution < 1.29 is 14.3 Å². The first-order valence-corrected chi connectivity index (χ1v) is 8.80. The van der Waals surface area contributed by atoms with E-state index in [1.54, 1.807) is 7.11 Å². The maximum absolute atomic E-state index is 12.3. The Morgan fingerprint density at radius 1 is 1.50 bits per heavy atom. The first kappa shape index (κ1) is 17.7. The lowest BCUT2D eigenvalue weighted by Gasteiger charge is -2.26. The number of benzene rings is 1. The number of amides is 1. The van der Waals surface area contributed by atoms with Gasteiger partial charge in [-0.25, -0.2) is 0 Å². The Morgan fingerprint density at radius 2 is 2.33 bits per heavy atom. The third kappa shape index (κ3) is 3.91. The molecule has 0 spiro atoms. The minimum atomic E-state index is -0.0710. The molecule has 1 aromatic rings. The summed E-state index contributed by atoms with van der Waals surface area (Å²) in [6.45, 7) is 5.15. The predicted octanol–water partition coefficient (Wildman–Crippen LogP) is 1.94. The molecule has 2 heterocycles. The Kier molecular flexibility index (Phi) is 5.76. The lowest BCUT2D eigenvalue weighted by atomic mass is 9.78. The summed E-state index contributed by atoms with van der Waals surface area (Å²) in [5.41, 5.74) is 1.07. The monoisotopic (exact) mass is 352 g/mol. The predicted molar refractivity (Wildman–Crippen MR) is 93.0 cm³/mol. The molecular weight excluding hydrogens is 328 g/mol. The van der Waals surface area contributed by atoms with E-state index in [-0.39, 0.29) is 11.3 Å². The number of carbonyl (C=O) groups is 1. The van der Waals surface area contributed by atoms with Crippen molar-refractivity contribution in [1.82, 2.24) is 10.2 Å². The second kappa shape index (κ2) is 7.83. The molecule has 2 saturated heterocycles. The van der Waals surface area contributed by atoms with Gasteiger partial charge in [0.15, 0.2) is 0 Å². The van der Waals surface area contributed by atoms with Crippen LogP contribution in [0, 0.1) is 11.3 Å². The summed E-state index contributed by atoms with van der Waals surface area (Å²) in [5.74, 6) is 0.496. The Labute approximate surface area is 148 Å². The summed E-state index contributed by atoms with van der Waals surface area (Å²) in [6, 6.07) is 7.96. The van der Waals surface area contributed by atoms with Gasteiger partial charge in [0.2, 0.25) is 5.91 Å². The van der Waals surface area contributed by atoms with Crippen LogP contribution in [0.2, 0.25) is 5.02 Å². The van der Waals surface area contributed by atoms with Crippen LogP contribution < -0.4 is 5.32 Å². The van der Waals surface area contributed by atoms with Crippen LogP contribution in [0.3, 0.4) is 0 Å². The third-order valence-electron chi connectivity index (χ3n) is 5.08. The molecule has 5 nitrogen and oxygen atoms in total. The molecule has 3 rings (SSSR count). The summed E-state index contributed by atoms with van der Waals surface area (Å²) in [5, 5.41) is 3.74. The van der Waals surface area contributed by atoms with Gasteiger partial charge in [0.05, 0.1) is 19.8 Å². The van der Waals surface area contributed by atoms with Crippen molar-refractivity contribution in [2.75, 3.05) is 46.6 Å². The Morgan fingerprint density at radius 3 is 3.12 bits per heavy atom. The number of nitrogens with one attached hydrogen (secondary N) is 1. The molecule has 132 valence electrons. The number of rotatable bonds is 7. The molecule has 2 aliphatic heterocycles. The third-order valence-corrected chi connectivity index (χ3v) is 5.45. The van der Waals surface area contributed by atoms with Gasteiger partial charge in [-0.05, 0) is 11.6 Å². The molecule has 1 N–H and O–H groups in total. The SMILES string of the molecule is COCCNC(=O)C[C@@]12COC[C@@H]1CN(Cc1ccccc1Cl)C2. The van der Waals surface area contributed by atoms with Crippen LogP contribution in [0.1, 0.15) is 12.0 Å². The van der Waals surface area contributed by atoms with E-state index >= 15 is 0 Å². The average molecular weight is 353 g/mol. The first-order chi connectivity index (χ1) is 11.6. The van der Waals surface area contributed by atoms with Crippen LogP contribution in [0.25, 0.3) is 0 Å². The first-order valence-electron chi connectivity index (χ1n) is 8.42. The summed E-state index contributed by atoms with van der Waals surface area (Å²) in [6.07, 6.45) is 0.514. The fraction of sp³-hybridized carbons (Fsp3) is 0.611. The van der Waals surface area contributed by atoms with E-state index in [1.165, 1.54) is 0 Å². The lowest BCUT2D eigenvalue weighted by molar-refractivity contribution is -0.123. The molecule has 1 amide bonds. The summed E-state index contributed by atoms with van der Waals surface area (Å²) in [7, 11) is 1.63. The van der Waals surface area contributed by atoms with Gasteiger partial charge >= 0.3 is 0 Å². The molecule has 1 aromatic carbocycles. The smallest absolute Gasteiger partial charge is 0.220 e. The van der Waals surface area contributed by atoms with Crippen LogP contribution in [-0.2, 0) is 20.8 Å². The molecule has 2 fully saturated rings. The minimum Gasteiger partial charge on any atom is -0.383 e. The number of halogens is 1. The number of ether oxygens (including phenoxy) is 2. The number of nitrogens with zero attached hydrogens (tertiary/aromatic N) is 1. The van der Waals surface area contributed by atoms with E-state index in [0.29, 0.717) is 32.1 Å². The van der Waals surface area contributed by atoms with E-state index < -0.39 is 0 Å². The summed E-state index contributed by atoms with van der Waals surface area (Å²) < 4.78 is 10.7. The quantitative estimate of drug-likeness (QED) is 0.762. The molecule has 0 aromatic heterocycles. The maximum Gasteiger partial charge on any atom is 0.220 e. The molecule has 0 unspecified atom stereocenters. The minimum absolute atomic E-state index is 0.0710. The number of carbonyl (C=O) groups excluding carboxylic acids is 1. The van der Waals surface area contributed by atoms with Gasteiger partial charge in [-0.2, -0.15) is 0 Å². The normalized spacial score (nSPS) is 26.5. The van der Waals surface area contributed by atoms with Crippen LogP contribution in [-0.4, -0.2) is 57.4 Å². The van der Waals surface area contributed by atoms with Crippen LogP contribution >= 0.6 is 11.6 Å². The molecule has 2 aliphatic rings. The molecule has 0 saturated carbocycles. The van der Waals surface area contributed by atoms with Crippen molar-refractivity contribution in [2.24, 2.45) is 11.3 Å². The summed E-state index contributed by atoms with van der Waals surface area (Å²) in [4.78, 5) is 14.7. The molecule has 0 radical (unpaired) electrons. The second-order valence-corrected chi connectivity index (χ2v) is 7.26. The fourth-order valence-electron chi connectivity index (χ4n) is 3.86. The Balaban J connectivity index is 1.61. The van der Waals surface area contributed by atoms with Gasteiger partial charge < -0.3 is 14.8 Å². The molecule has 2 atom stereocenters. The zero-order valence-electron chi connectivity index (χ0n) is 14.1. The zero-order valence-corrected chi connectivity index (χ0v) is 14.8. The van der Waals surface area contributed by atoms with Crippen LogP contribution in [0.15, 0.2) is 24.3 Å². The topological polar surface area (TPSA) is 50.8 Å². The van der Waals surface area contributed by atoms with Gasteiger partial charge in [0.25, 0.3) is 0 Å². The molecule has 24 heavy (non-hydrogen) atoms. The van der Waals surface area contributed by atoms with Crippen molar-refractivity contribution in [2.45, 2.75) is 13.0 Å². The molecular formula is C18H25ClN2O3. The number of hydrogen-bond donors (Lipinski definition) is 1. The zero-order chi connectivity index (χ0) is 17.0. The van der Waals surface area contributed by atoms with E-state index in [1.807, 2.05) is 18.2 Å². The van der Waals surface area contributed by atoms with Crippen molar-refractivity contribution in [1.29, 1.82) is 0 Å². The largest absolute Gasteiger partial charge is 0.383 e. The molecule has 0 aliphatic carbocycles. The highest BCUT2D eigenvalue weighted by Crippen LogP contribution is 2.44. The number of hydrogen-bond acceptors (Lipinski definition) is 4. The van der Waals surface area contributed by atoms with E-state index in [4.69, 9.17) is 21.1 Å². The standard InChI is InChI=1S/C18H25ClN2O3/c1-23-7-6-20-17(22)8-18-12-21(10-15(18)11-24-13-18)9-14-4-2-3-5-16(14)19/h2-5,15H,6-13H2,1H3,(H,20,22)/t15-,18+/m0/s1. The van der Waals surface area contributed by atoms with Crippen molar-refractivity contribution in [3.05, 3.63) is 34.9 Å². The van der Waals surface area contributed by atoms with Gasteiger partial charge in [-0.15, -0.1) is 0 Å². The Hall–Kier alpha value is -1.14. The second-order valence-electron chi connectivity index (χ2n) is 6.85. The Bertz CT molecular complexity index is 583. The van der Waals surface area contributed by atoms with Gasteiger partial charge in [-0.3, -0.25) is 9.69 Å². The van der Waals surface area contributed by atoms with Gasteiger partial charge in [0, 0.05) is 56.1 Å². The van der Waals surface area contributed by atoms with Gasteiger partial charge in [0.1, 0.15) is 0 Å². The maximum atomic E-state index is 12.3. The number of fused-ring (bicyclic) bond motifs is 1. The van der Waals surface area contributed by atoms with Crippen LogP contribution in [0.5, 0.6) is 0 Å². The average Bonchev–Trinajstić information content (AvgIpc) is 3.06. The van der Waals surface area contributed by atoms with Crippen molar-refractivity contribution in [3.63, 3.8) is 0 Å². The highest BCUT2D eigenvalue weighted by Gasteiger charge is 2.51. The van der Waals surface area contributed by atoms with E-state index in [2.05, 4.69) is 16.3 Å². The highest BCUT2D eigenvalue weighted by atomic mass is 35.5. The van der Waals surface area contributed by atoms with Crippen molar-refractivity contribution >= 4 is 17.5 Å². The van der Waals surface area contributed by atoms with Gasteiger partial charge in [-0.1, -0.05) is 29.8 Å². The fourth-order valence-corrected chi connectivity index (χ4v) is 4.05. The number of likely N-dealkylation sites (tertiary alicyclic amines) is 1. The molecule has 6 heteroatoms. The van der Waals surface area contributed by atoms with E-state index in [0.717, 1.165) is 36.8 Å². The van der Waals surface area contributed by atoms with Crippen LogP contribution in [0.4, 0.5) is 0 Å². The van der Waals surface area contributed by atoms with E-state index in [9.17, 15) is 4.79 Å².